The molecule has 0 amide bonds. The molecule has 0 fully saturated rings. The first kappa shape index (κ1) is 14.1. The standard InChI is InChI=1S/C14H16N2O2.ClH/c1-15-9-14-12-4-2-3-11(10(12)5-7-17-14)13-6-8-18-16-13;/h2-4,6,8,14-15H,5,7,9H2,1H3;1H. The van der Waals surface area contributed by atoms with Gasteiger partial charge in [-0.1, -0.05) is 23.4 Å². The van der Waals surface area contributed by atoms with Crippen LogP contribution in [0.5, 0.6) is 0 Å². The number of halogens is 1. The van der Waals surface area contributed by atoms with Crippen molar-refractivity contribution in [1.82, 2.24) is 10.5 Å². The molecule has 0 saturated heterocycles. The zero-order valence-corrected chi connectivity index (χ0v) is 11.6. The second-order valence-corrected chi connectivity index (χ2v) is 4.43. The molecule has 1 aromatic heterocycles. The molecule has 0 bridgehead atoms. The summed E-state index contributed by atoms with van der Waals surface area (Å²) in [6.07, 6.45) is 2.67. The van der Waals surface area contributed by atoms with E-state index >= 15 is 0 Å². The van der Waals surface area contributed by atoms with Crippen LogP contribution in [0.2, 0.25) is 0 Å². The van der Waals surface area contributed by atoms with Gasteiger partial charge in [-0.05, 0) is 24.6 Å². The predicted molar refractivity (Wildman–Crippen MR) is 75.5 cm³/mol. The Hall–Kier alpha value is -1.36. The molecule has 1 N–H and O–H groups in total. The molecule has 0 saturated carbocycles. The molecular formula is C14H17ClN2O2. The Morgan fingerprint density at radius 1 is 1.37 bits per heavy atom. The lowest BCUT2D eigenvalue weighted by molar-refractivity contribution is 0.0440. The fraction of sp³-hybridized carbons (Fsp3) is 0.357. The van der Waals surface area contributed by atoms with E-state index in [2.05, 4.69) is 28.7 Å². The summed E-state index contributed by atoms with van der Waals surface area (Å²) < 4.78 is 10.8. The fourth-order valence-corrected chi connectivity index (χ4v) is 2.52. The van der Waals surface area contributed by atoms with Crippen molar-refractivity contribution in [1.29, 1.82) is 0 Å². The molecule has 2 aromatic rings. The number of nitrogens with one attached hydrogen (secondary N) is 1. The summed E-state index contributed by atoms with van der Waals surface area (Å²) in [6.45, 7) is 1.59. The maximum atomic E-state index is 5.81. The molecule has 0 aliphatic carbocycles. The van der Waals surface area contributed by atoms with Crippen molar-refractivity contribution in [3.8, 4) is 11.3 Å². The van der Waals surface area contributed by atoms with Crippen LogP contribution in [0.1, 0.15) is 17.2 Å². The quantitative estimate of drug-likeness (QED) is 0.939. The first-order valence-electron chi connectivity index (χ1n) is 6.19. The van der Waals surface area contributed by atoms with Crippen LogP contribution in [0.4, 0.5) is 0 Å². The van der Waals surface area contributed by atoms with Crippen LogP contribution in [0.25, 0.3) is 11.3 Å². The average molecular weight is 281 g/mol. The Morgan fingerprint density at radius 2 is 2.26 bits per heavy atom. The molecule has 102 valence electrons. The van der Waals surface area contributed by atoms with Crippen molar-refractivity contribution in [3.05, 3.63) is 41.7 Å². The number of likely N-dealkylation sites (N-methyl/N-ethyl adjacent to an activating group) is 1. The summed E-state index contributed by atoms with van der Waals surface area (Å²) >= 11 is 0. The Balaban J connectivity index is 0.00000133. The van der Waals surface area contributed by atoms with Crippen LogP contribution >= 0.6 is 12.4 Å². The number of ether oxygens (including phenoxy) is 1. The SMILES string of the molecule is CNCC1OCCc2c(-c3ccon3)cccc21.Cl. The highest BCUT2D eigenvalue weighted by Gasteiger charge is 2.23. The molecule has 1 aromatic carbocycles. The molecule has 3 rings (SSSR count). The van der Waals surface area contributed by atoms with Gasteiger partial charge < -0.3 is 14.6 Å². The van der Waals surface area contributed by atoms with E-state index in [4.69, 9.17) is 9.26 Å². The molecule has 1 atom stereocenters. The van der Waals surface area contributed by atoms with Gasteiger partial charge in [-0.15, -0.1) is 12.4 Å². The van der Waals surface area contributed by atoms with Crippen molar-refractivity contribution < 1.29 is 9.26 Å². The number of aromatic nitrogens is 1. The summed E-state index contributed by atoms with van der Waals surface area (Å²) in [5.41, 5.74) is 4.65. The van der Waals surface area contributed by atoms with E-state index < -0.39 is 0 Å². The van der Waals surface area contributed by atoms with Crippen molar-refractivity contribution >= 4 is 12.4 Å². The molecule has 1 unspecified atom stereocenters. The maximum absolute atomic E-state index is 5.81. The summed E-state index contributed by atoms with van der Waals surface area (Å²) in [6, 6.07) is 8.19. The van der Waals surface area contributed by atoms with Gasteiger partial charge in [-0.3, -0.25) is 0 Å². The summed E-state index contributed by atoms with van der Waals surface area (Å²) in [7, 11) is 1.94. The molecule has 19 heavy (non-hydrogen) atoms. The Morgan fingerprint density at radius 3 is 3.00 bits per heavy atom. The highest BCUT2D eigenvalue weighted by atomic mass is 35.5. The number of benzene rings is 1. The smallest absolute Gasteiger partial charge is 0.124 e. The number of nitrogens with zero attached hydrogens (tertiary/aromatic N) is 1. The van der Waals surface area contributed by atoms with Crippen molar-refractivity contribution in [2.75, 3.05) is 20.2 Å². The lowest BCUT2D eigenvalue weighted by atomic mass is 9.91. The minimum atomic E-state index is 0. The van der Waals surface area contributed by atoms with Crippen LogP contribution in [-0.4, -0.2) is 25.4 Å². The van der Waals surface area contributed by atoms with Crippen LogP contribution in [0.15, 0.2) is 35.1 Å². The second-order valence-electron chi connectivity index (χ2n) is 4.43. The van der Waals surface area contributed by atoms with Crippen LogP contribution in [0.3, 0.4) is 0 Å². The topological polar surface area (TPSA) is 47.3 Å². The monoisotopic (exact) mass is 280 g/mol. The molecule has 5 heteroatoms. The van der Waals surface area contributed by atoms with Gasteiger partial charge in [-0.25, -0.2) is 0 Å². The highest BCUT2D eigenvalue weighted by molar-refractivity contribution is 5.85. The normalized spacial score (nSPS) is 17.6. The van der Waals surface area contributed by atoms with Crippen molar-refractivity contribution in [2.24, 2.45) is 0 Å². The molecule has 4 nitrogen and oxygen atoms in total. The summed E-state index contributed by atoms with van der Waals surface area (Å²) in [5, 5.41) is 7.21. The van der Waals surface area contributed by atoms with E-state index in [1.54, 1.807) is 6.26 Å². The molecule has 0 radical (unpaired) electrons. The van der Waals surface area contributed by atoms with Crippen molar-refractivity contribution in [3.63, 3.8) is 0 Å². The summed E-state index contributed by atoms with van der Waals surface area (Å²) in [5.74, 6) is 0. The van der Waals surface area contributed by atoms with E-state index in [1.165, 1.54) is 11.1 Å². The molecule has 1 aliphatic rings. The third-order valence-electron chi connectivity index (χ3n) is 3.33. The van der Waals surface area contributed by atoms with Crippen LogP contribution in [-0.2, 0) is 11.2 Å². The van der Waals surface area contributed by atoms with Crippen molar-refractivity contribution in [2.45, 2.75) is 12.5 Å². The minimum absolute atomic E-state index is 0. The third kappa shape index (κ3) is 2.66. The molecule has 0 spiro atoms. The van der Waals surface area contributed by atoms with Crippen LogP contribution < -0.4 is 5.32 Å². The minimum Gasteiger partial charge on any atom is -0.372 e. The lowest BCUT2D eigenvalue weighted by Gasteiger charge is -2.27. The van der Waals surface area contributed by atoms with Crippen LogP contribution in [0, 0.1) is 0 Å². The Bertz CT molecular complexity index is 528. The van der Waals surface area contributed by atoms with E-state index in [9.17, 15) is 0 Å². The number of rotatable bonds is 3. The number of hydrogen-bond acceptors (Lipinski definition) is 4. The van der Waals surface area contributed by atoms with Gasteiger partial charge in [0.15, 0.2) is 0 Å². The molecule has 2 heterocycles. The predicted octanol–water partition coefficient (Wildman–Crippen LogP) is 2.60. The van der Waals surface area contributed by atoms with Gasteiger partial charge in [0.2, 0.25) is 0 Å². The van der Waals surface area contributed by atoms with E-state index in [-0.39, 0.29) is 18.5 Å². The van der Waals surface area contributed by atoms with Gasteiger partial charge in [0.05, 0.1) is 12.7 Å². The second kappa shape index (κ2) is 6.19. The Kier molecular flexibility index (Phi) is 4.58. The van der Waals surface area contributed by atoms with Gasteiger partial charge in [0.25, 0.3) is 0 Å². The largest absolute Gasteiger partial charge is 0.372 e. The summed E-state index contributed by atoms with van der Waals surface area (Å²) in [4.78, 5) is 0. The van der Waals surface area contributed by atoms with E-state index in [0.29, 0.717) is 0 Å². The molecular weight excluding hydrogens is 264 g/mol. The molecule has 1 aliphatic heterocycles. The first-order chi connectivity index (χ1) is 8.90. The van der Waals surface area contributed by atoms with E-state index in [1.807, 2.05) is 13.1 Å². The Labute approximate surface area is 118 Å². The number of hydrogen-bond donors (Lipinski definition) is 1. The van der Waals surface area contributed by atoms with E-state index in [0.717, 1.165) is 30.8 Å². The zero-order chi connectivity index (χ0) is 12.4. The van der Waals surface area contributed by atoms with Gasteiger partial charge in [0.1, 0.15) is 12.0 Å². The van der Waals surface area contributed by atoms with Gasteiger partial charge >= 0.3 is 0 Å². The fourth-order valence-electron chi connectivity index (χ4n) is 2.52. The van der Waals surface area contributed by atoms with Gasteiger partial charge in [-0.2, -0.15) is 0 Å². The van der Waals surface area contributed by atoms with Gasteiger partial charge in [0, 0.05) is 18.2 Å². The number of fused-ring (bicyclic) bond motifs is 1. The zero-order valence-electron chi connectivity index (χ0n) is 10.8. The average Bonchev–Trinajstić information content (AvgIpc) is 2.93. The first-order valence-corrected chi connectivity index (χ1v) is 6.19. The highest BCUT2D eigenvalue weighted by Crippen LogP contribution is 2.33. The maximum Gasteiger partial charge on any atom is 0.124 e. The lowest BCUT2D eigenvalue weighted by Crippen LogP contribution is -2.25. The third-order valence-corrected chi connectivity index (χ3v) is 3.33.